The summed E-state index contributed by atoms with van der Waals surface area (Å²) >= 11 is 0. The lowest BCUT2D eigenvalue weighted by atomic mass is 10.0. The van der Waals surface area contributed by atoms with E-state index in [0.717, 1.165) is 5.56 Å². The fourth-order valence-electron chi connectivity index (χ4n) is 1.44. The van der Waals surface area contributed by atoms with E-state index in [1.54, 1.807) is 18.2 Å². The number of benzene rings is 1. The summed E-state index contributed by atoms with van der Waals surface area (Å²) in [5, 5.41) is 8.55. The molecule has 15 heavy (non-hydrogen) atoms. The standard InChI is InChI=1S/C11H13FO3/c1-15-11-8(5-6-10(13)14)3-2-4-9(11)7-12/h2-4H,5-7H2,1H3,(H,13,14). The summed E-state index contributed by atoms with van der Waals surface area (Å²) < 4.78 is 17.6. The highest BCUT2D eigenvalue weighted by molar-refractivity contribution is 5.67. The van der Waals surface area contributed by atoms with E-state index in [1.165, 1.54) is 7.11 Å². The van der Waals surface area contributed by atoms with Crippen LogP contribution in [0.5, 0.6) is 5.75 Å². The van der Waals surface area contributed by atoms with Gasteiger partial charge in [-0.3, -0.25) is 4.79 Å². The van der Waals surface area contributed by atoms with Crippen LogP contribution in [0.2, 0.25) is 0 Å². The number of aryl methyl sites for hydroxylation is 1. The molecule has 0 fully saturated rings. The number of aliphatic carboxylic acids is 1. The molecule has 0 aliphatic rings. The van der Waals surface area contributed by atoms with Crippen molar-refractivity contribution in [1.29, 1.82) is 0 Å². The van der Waals surface area contributed by atoms with Gasteiger partial charge in [0.05, 0.1) is 7.11 Å². The van der Waals surface area contributed by atoms with Gasteiger partial charge in [-0.05, 0) is 12.0 Å². The van der Waals surface area contributed by atoms with Gasteiger partial charge in [0.15, 0.2) is 0 Å². The van der Waals surface area contributed by atoms with Gasteiger partial charge in [0, 0.05) is 12.0 Å². The van der Waals surface area contributed by atoms with Crippen molar-refractivity contribution in [1.82, 2.24) is 0 Å². The van der Waals surface area contributed by atoms with Gasteiger partial charge in [0.1, 0.15) is 12.4 Å². The van der Waals surface area contributed by atoms with Gasteiger partial charge in [-0.25, -0.2) is 4.39 Å². The predicted octanol–water partition coefficient (Wildman–Crippen LogP) is 2.18. The van der Waals surface area contributed by atoms with Crippen molar-refractivity contribution < 1.29 is 19.0 Å². The largest absolute Gasteiger partial charge is 0.496 e. The molecular formula is C11H13FO3. The molecule has 82 valence electrons. The Bertz CT molecular complexity index is 350. The number of hydrogen-bond donors (Lipinski definition) is 1. The molecule has 1 aromatic carbocycles. The molecule has 0 saturated carbocycles. The Kier molecular flexibility index (Phi) is 4.09. The van der Waals surface area contributed by atoms with Crippen molar-refractivity contribution in [2.24, 2.45) is 0 Å². The van der Waals surface area contributed by atoms with Crippen LogP contribution in [0.3, 0.4) is 0 Å². The van der Waals surface area contributed by atoms with E-state index in [9.17, 15) is 9.18 Å². The lowest BCUT2D eigenvalue weighted by molar-refractivity contribution is -0.136. The molecule has 0 heterocycles. The van der Waals surface area contributed by atoms with Crippen molar-refractivity contribution in [2.75, 3.05) is 7.11 Å². The fourth-order valence-corrected chi connectivity index (χ4v) is 1.44. The summed E-state index contributed by atoms with van der Waals surface area (Å²) in [6, 6.07) is 5.08. The van der Waals surface area contributed by atoms with Gasteiger partial charge < -0.3 is 9.84 Å². The van der Waals surface area contributed by atoms with E-state index in [1.807, 2.05) is 0 Å². The summed E-state index contributed by atoms with van der Waals surface area (Å²) in [6.45, 7) is -0.607. The number of ether oxygens (including phenoxy) is 1. The van der Waals surface area contributed by atoms with Crippen molar-refractivity contribution in [3.63, 3.8) is 0 Å². The summed E-state index contributed by atoms with van der Waals surface area (Å²) in [6.07, 6.45) is 0.373. The van der Waals surface area contributed by atoms with Gasteiger partial charge in [0.25, 0.3) is 0 Å². The molecule has 1 rings (SSSR count). The minimum atomic E-state index is -0.872. The van der Waals surface area contributed by atoms with Crippen LogP contribution in [-0.4, -0.2) is 18.2 Å². The maximum Gasteiger partial charge on any atom is 0.303 e. The zero-order valence-corrected chi connectivity index (χ0v) is 8.50. The average molecular weight is 212 g/mol. The van der Waals surface area contributed by atoms with E-state index < -0.39 is 12.6 Å². The molecule has 0 unspecified atom stereocenters. The van der Waals surface area contributed by atoms with Crippen LogP contribution in [0, 0.1) is 0 Å². The number of carboxylic acid groups (broad SMARTS) is 1. The highest BCUT2D eigenvalue weighted by Gasteiger charge is 2.09. The molecule has 0 radical (unpaired) electrons. The number of methoxy groups -OCH3 is 1. The van der Waals surface area contributed by atoms with Crippen LogP contribution in [0.25, 0.3) is 0 Å². The molecule has 0 amide bonds. The number of carbonyl (C=O) groups is 1. The zero-order chi connectivity index (χ0) is 11.3. The monoisotopic (exact) mass is 212 g/mol. The number of alkyl halides is 1. The highest BCUT2D eigenvalue weighted by Crippen LogP contribution is 2.25. The summed E-state index contributed by atoms with van der Waals surface area (Å²) in [5.74, 6) is -0.413. The molecule has 0 spiro atoms. The van der Waals surface area contributed by atoms with E-state index in [0.29, 0.717) is 17.7 Å². The van der Waals surface area contributed by atoms with Crippen LogP contribution in [-0.2, 0) is 17.9 Å². The first-order valence-electron chi connectivity index (χ1n) is 4.61. The topological polar surface area (TPSA) is 46.5 Å². The Morgan fingerprint density at radius 3 is 2.67 bits per heavy atom. The third-order valence-electron chi connectivity index (χ3n) is 2.13. The Morgan fingerprint density at radius 2 is 2.13 bits per heavy atom. The number of halogens is 1. The normalized spacial score (nSPS) is 10.0. The van der Waals surface area contributed by atoms with Crippen molar-refractivity contribution in [3.8, 4) is 5.75 Å². The summed E-state index contributed by atoms with van der Waals surface area (Å²) in [7, 11) is 1.46. The maximum absolute atomic E-state index is 12.6. The number of para-hydroxylation sites is 1. The Balaban J connectivity index is 2.90. The molecule has 0 aromatic heterocycles. The average Bonchev–Trinajstić information content (AvgIpc) is 2.25. The second-order valence-corrected chi connectivity index (χ2v) is 3.14. The molecule has 1 aromatic rings. The molecule has 4 heteroatoms. The van der Waals surface area contributed by atoms with Crippen molar-refractivity contribution in [3.05, 3.63) is 29.3 Å². The van der Waals surface area contributed by atoms with E-state index in [2.05, 4.69) is 0 Å². The lowest BCUT2D eigenvalue weighted by Crippen LogP contribution is -2.01. The minimum Gasteiger partial charge on any atom is -0.496 e. The molecule has 0 saturated heterocycles. The van der Waals surface area contributed by atoms with E-state index in [-0.39, 0.29) is 6.42 Å². The summed E-state index contributed by atoms with van der Waals surface area (Å²) in [5.41, 5.74) is 1.19. The third kappa shape index (κ3) is 2.94. The number of carboxylic acids is 1. The van der Waals surface area contributed by atoms with Gasteiger partial charge in [-0.2, -0.15) is 0 Å². The first-order valence-corrected chi connectivity index (χ1v) is 4.61. The molecule has 0 bridgehead atoms. The molecule has 0 aliphatic carbocycles. The van der Waals surface area contributed by atoms with Gasteiger partial charge in [0.2, 0.25) is 0 Å². The van der Waals surface area contributed by atoms with Crippen LogP contribution in [0.4, 0.5) is 4.39 Å². The first-order chi connectivity index (χ1) is 7.19. The maximum atomic E-state index is 12.6. The quantitative estimate of drug-likeness (QED) is 0.813. The van der Waals surface area contributed by atoms with Crippen LogP contribution in [0.1, 0.15) is 17.5 Å². The Hall–Kier alpha value is -1.58. The third-order valence-corrected chi connectivity index (χ3v) is 2.13. The van der Waals surface area contributed by atoms with Gasteiger partial charge >= 0.3 is 5.97 Å². The smallest absolute Gasteiger partial charge is 0.303 e. The molecule has 1 N–H and O–H groups in total. The lowest BCUT2D eigenvalue weighted by Gasteiger charge is -2.10. The second kappa shape index (κ2) is 5.34. The van der Waals surface area contributed by atoms with Crippen molar-refractivity contribution >= 4 is 5.97 Å². The molecule has 3 nitrogen and oxygen atoms in total. The first kappa shape index (κ1) is 11.5. The predicted molar refractivity (Wildman–Crippen MR) is 53.8 cm³/mol. The molecular weight excluding hydrogens is 199 g/mol. The Labute approximate surface area is 87.5 Å². The minimum absolute atomic E-state index is 0.0199. The Morgan fingerprint density at radius 1 is 1.47 bits per heavy atom. The highest BCUT2D eigenvalue weighted by atomic mass is 19.1. The van der Waals surface area contributed by atoms with Crippen LogP contribution in [0.15, 0.2) is 18.2 Å². The summed E-state index contributed by atoms with van der Waals surface area (Å²) in [4.78, 5) is 10.4. The van der Waals surface area contributed by atoms with E-state index in [4.69, 9.17) is 9.84 Å². The second-order valence-electron chi connectivity index (χ2n) is 3.14. The number of rotatable bonds is 5. The van der Waals surface area contributed by atoms with Gasteiger partial charge in [-0.15, -0.1) is 0 Å². The fraction of sp³-hybridized carbons (Fsp3) is 0.364. The molecule has 0 aliphatic heterocycles. The zero-order valence-electron chi connectivity index (χ0n) is 8.50. The van der Waals surface area contributed by atoms with Crippen LogP contribution >= 0.6 is 0 Å². The van der Waals surface area contributed by atoms with Gasteiger partial charge in [-0.1, -0.05) is 18.2 Å². The number of hydrogen-bond acceptors (Lipinski definition) is 2. The van der Waals surface area contributed by atoms with Crippen LogP contribution < -0.4 is 4.74 Å². The van der Waals surface area contributed by atoms with Crippen molar-refractivity contribution in [2.45, 2.75) is 19.5 Å². The SMILES string of the molecule is COc1c(CF)cccc1CCC(=O)O. The molecule has 0 atom stereocenters. The van der Waals surface area contributed by atoms with E-state index >= 15 is 0 Å².